The van der Waals surface area contributed by atoms with Crippen LogP contribution in [0.4, 0.5) is 14.5 Å². The van der Waals surface area contributed by atoms with E-state index in [0.717, 1.165) is 37.8 Å². The van der Waals surface area contributed by atoms with Crippen molar-refractivity contribution in [3.8, 4) is 5.75 Å². The van der Waals surface area contributed by atoms with E-state index in [9.17, 15) is 8.78 Å². The standard InChI is InChI=1S/C11H13F2NO/c12-8-6-11(9(13)5-10(8)14)15-7-3-1-2-4-7/h5-7H,1-4,14H2. The average Bonchev–Trinajstić information content (AvgIpc) is 2.67. The maximum absolute atomic E-state index is 13.3. The van der Waals surface area contributed by atoms with Gasteiger partial charge in [0.25, 0.3) is 0 Å². The van der Waals surface area contributed by atoms with Crippen LogP contribution < -0.4 is 10.5 Å². The molecule has 15 heavy (non-hydrogen) atoms. The van der Waals surface area contributed by atoms with Gasteiger partial charge in [-0.05, 0) is 25.7 Å². The first-order chi connectivity index (χ1) is 7.16. The molecule has 1 aliphatic rings. The average molecular weight is 213 g/mol. The Morgan fingerprint density at radius 2 is 1.80 bits per heavy atom. The number of hydrogen-bond acceptors (Lipinski definition) is 2. The van der Waals surface area contributed by atoms with Gasteiger partial charge in [0.15, 0.2) is 11.6 Å². The molecule has 1 aromatic rings. The molecule has 1 fully saturated rings. The van der Waals surface area contributed by atoms with Crippen LogP contribution in [0, 0.1) is 11.6 Å². The lowest BCUT2D eigenvalue weighted by Gasteiger charge is -2.14. The fourth-order valence-corrected chi connectivity index (χ4v) is 1.82. The quantitative estimate of drug-likeness (QED) is 0.766. The molecular weight excluding hydrogens is 200 g/mol. The summed E-state index contributed by atoms with van der Waals surface area (Å²) in [4.78, 5) is 0. The molecule has 0 saturated heterocycles. The highest BCUT2D eigenvalue weighted by molar-refractivity contribution is 5.44. The Kier molecular flexibility index (Phi) is 2.75. The molecule has 0 atom stereocenters. The van der Waals surface area contributed by atoms with Crippen LogP contribution in [0.3, 0.4) is 0 Å². The van der Waals surface area contributed by atoms with Crippen molar-refractivity contribution in [1.29, 1.82) is 0 Å². The molecule has 1 saturated carbocycles. The highest BCUT2D eigenvalue weighted by Crippen LogP contribution is 2.28. The summed E-state index contributed by atoms with van der Waals surface area (Å²) < 4.78 is 31.7. The molecule has 4 heteroatoms. The van der Waals surface area contributed by atoms with E-state index in [2.05, 4.69) is 0 Å². The van der Waals surface area contributed by atoms with Gasteiger partial charge in [-0.15, -0.1) is 0 Å². The molecule has 2 rings (SSSR count). The zero-order chi connectivity index (χ0) is 10.8. The van der Waals surface area contributed by atoms with Gasteiger partial charge in [-0.1, -0.05) is 0 Å². The summed E-state index contributed by atoms with van der Waals surface area (Å²) in [6.07, 6.45) is 4.01. The van der Waals surface area contributed by atoms with Crippen LogP contribution in [-0.2, 0) is 0 Å². The second kappa shape index (κ2) is 4.04. The van der Waals surface area contributed by atoms with E-state index in [1.165, 1.54) is 0 Å². The Balaban J connectivity index is 2.16. The molecule has 0 aliphatic heterocycles. The second-order valence-corrected chi connectivity index (χ2v) is 3.83. The largest absolute Gasteiger partial charge is 0.487 e. The Morgan fingerprint density at radius 3 is 2.47 bits per heavy atom. The van der Waals surface area contributed by atoms with Gasteiger partial charge in [0, 0.05) is 12.1 Å². The molecule has 1 aromatic carbocycles. The number of rotatable bonds is 2. The summed E-state index contributed by atoms with van der Waals surface area (Å²) in [5, 5.41) is 0. The molecule has 1 aliphatic carbocycles. The van der Waals surface area contributed by atoms with Crippen molar-refractivity contribution in [3.63, 3.8) is 0 Å². The zero-order valence-electron chi connectivity index (χ0n) is 8.30. The summed E-state index contributed by atoms with van der Waals surface area (Å²) in [6.45, 7) is 0. The van der Waals surface area contributed by atoms with Crippen molar-refractivity contribution in [3.05, 3.63) is 23.8 Å². The maximum atomic E-state index is 13.3. The molecule has 0 heterocycles. The molecule has 0 radical (unpaired) electrons. The molecule has 82 valence electrons. The smallest absolute Gasteiger partial charge is 0.167 e. The van der Waals surface area contributed by atoms with E-state index in [-0.39, 0.29) is 17.5 Å². The van der Waals surface area contributed by atoms with Crippen LogP contribution in [0.15, 0.2) is 12.1 Å². The normalized spacial score (nSPS) is 16.9. The summed E-state index contributed by atoms with van der Waals surface area (Å²) in [5.74, 6) is -1.27. The number of hydrogen-bond donors (Lipinski definition) is 1. The Bertz CT molecular complexity index is 362. The lowest BCUT2D eigenvalue weighted by atomic mass is 10.2. The Labute approximate surface area is 87.0 Å². The van der Waals surface area contributed by atoms with Gasteiger partial charge in [-0.25, -0.2) is 8.78 Å². The Hall–Kier alpha value is -1.32. The predicted molar refractivity (Wildman–Crippen MR) is 53.7 cm³/mol. The van der Waals surface area contributed by atoms with Crippen molar-refractivity contribution in [1.82, 2.24) is 0 Å². The lowest BCUT2D eigenvalue weighted by Crippen LogP contribution is -2.12. The highest BCUT2D eigenvalue weighted by atomic mass is 19.1. The fraction of sp³-hybridized carbons (Fsp3) is 0.455. The van der Waals surface area contributed by atoms with Gasteiger partial charge in [-0.2, -0.15) is 0 Å². The van der Waals surface area contributed by atoms with E-state index in [4.69, 9.17) is 10.5 Å². The summed E-state index contributed by atoms with van der Waals surface area (Å²) in [7, 11) is 0. The van der Waals surface area contributed by atoms with Gasteiger partial charge < -0.3 is 10.5 Å². The first kappa shape index (κ1) is 10.2. The van der Waals surface area contributed by atoms with Crippen molar-refractivity contribution >= 4 is 5.69 Å². The number of anilines is 1. The highest BCUT2D eigenvalue weighted by Gasteiger charge is 2.19. The van der Waals surface area contributed by atoms with Crippen molar-refractivity contribution < 1.29 is 13.5 Å². The van der Waals surface area contributed by atoms with Crippen LogP contribution in [0.1, 0.15) is 25.7 Å². The topological polar surface area (TPSA) is 35.2 Å². The van der Waals surface area contributed by atoms with Gasteiger partial charge >= 0.3 is 0 Å². The van der Waals surface area contributed by atoms with E-state index in [0.29, 0.717) is 0 Å². The first-order valence-corrected chi connectivity index (χ1v) is 5.08. The third-order valence-corrected chi connectivity index (χ3v) is 2.65. The summed E-state index contributed by atoms with van der Waals surface area (Å²) in [6, 6.07) is 1.97. The number of nitrogen functional groups attached to an aromatic ring is 1. The molecule has 0 aromatic heterocycles. The monoisotopic (exact) mass is 213 g/mol. The van der Waals surface area contributed by atoms with Crippen LogP contribution in [0.25, 0.3) is 0 Å². The van der Waals surface area contributed by atoms with Crippen LogP contribution in [-0.4, -0.2) is 6.10 Å². The number of halogens is 2. The van der Waals surface area contributed by atoms with E-state index < -0.39 is 11.6 Å². The Morgan fingerprint density at radius 1 is 1.13 bits per heavy atom. The molecule has 0 amide bonds. The third kappa shape index (κ3) is 2.19. The molecule has 0 bridgehead atoms. The molecule has 2 nitrogen and oxygen atoms in total. The summed E-state index contributed by atoms with van der Waals surface area (Å²) in [5.41, 5.74) is 5.04. The molecule has 0 spiro atoms. The van der Waals surface area contributed by atoms with Crippen LogP contribution in [0.2, 0.25) is 0 Å². The van der Waals surface area contributed by atoms with Gasteiger partial charge in [0.05, 0.1) is 11.8 Å². The zero-order valence-corrected chi connectivity index (χ0v) is 8.30. The second-order valence-electron chi connectivity index (χ2n) is 3.83. The minimum absolute atomic E-state index is 0.0162. The SMILES string of the molecule is Nc1cc(F)c(OC2CCCC2)cc1F. The lowest BCUT2D eigenvalue weighted by molar-refractivity contribution is 0.200. The van der Waals surface area contributed by atoms with E-state index in [1.54, 1.807) is 0 Å². The molecule has 0 unspecified atom stereocenters. The fourth-order valence-electron chi connectivity index (χ4n) is 1.82. The van der Waals surface area contributed by atoms with Gasteiger partial charge in [-0.3, -0.25) is 0 Å². The van der Waals surface area contributed by atoms with Gasteiger partial charge in [0.1, 0.15) is 5.82 Å². The molecule has 2 N–H and O–H groups in total. The van der Waals surface area contributed by atoms with E-state index in [1.807, 2.05) is 0 Å². The van der Waals surface area contributed by atoms with Gasteiger partial charge in [0.2, 0.25) is 0 Å². The third-order valence-electron chi connectivity index (χ3n) is 2.65. The van der Waals surface area contributed by atoms with Crippen molar-refractivity contribution in [2.75, 3.05) is 5.73 Å². The van der Waals surface area contributed by atoms with Crippen LogP contribution in [0.5, 0.6) is 5.75 Å². The van der Waals surface area contributed by atoms with E-state index >= 15 is 0 Å². The predicted octanol–water partition coefficient (Wildman–Crippen LogP) is 2.87. The minimum Gasteiger partial charge on any atom is -0.487 e. The minimum atomic E-state index is -0.635. The van der Waals surface area contributed by atoms with Crippen molar-refractivity contribution in [2.45, 2.75) is 31.8 Å². The molecular formula is C11H13F2NO. The van der Waals surface area contributed by atoms with Crippen molar-refractivity contribution in [2.24, 2.45) is 0 Å². The summed E-state index contributed by atoms with van der Waals surface area (Å²) >= 11 is 0. The number of nitrogens with two attached hydrogens (primary N) is 1. The van der Waals surface area contributed by atoms with Crippen LogP contribution >= 0.6 is 0 Å². The maximum Gasteiger partial charge on any atom is 0.167 e. The number of ether oxygens (including phenoxy) is 1. The first-order valence-electron chi connectivity index (χ1n) is 5.08. The number of benzene rings is 1.